The number of anilines is 1. The summed E-state index contributed by atoms with van der Waals surface area (Å²) in [4.78, 5) is 14.8. The van der Waals surface area contributed by atoms with E-state index in [1.807, 2.05) is 0 Å². The van der Waals surface area contributed by atoms with Crippen LogP contribution >= 0.6 is 15.9 Å². The van der Waals surface area contributed by atoms with Crippen molar-refractivity contribution >= 4 is 27.4 Å². The van der Waals surface area contributed by atoms with E-state index in [0.717, 1.165) is 0 Å². The Balaban J connectivity index is 2.42. The van der Waals surface area contributed by atoms with Crippen molar-refractivity contribution in [2.24, 2.45) is 0 Å². The second-order valence-electron chi connectivity index (χ2n) is 3.15. The molecule has 3 N–H and O–H groups in total. The van der Waals surface area contributed by atoms with Gasteiger partial charge in [-0.05, 0) is 46.3 Å². The van der Waals surface area contributed by atoms with Crippen LogP contribution in [0.4, 0.5) is 5.69 Å². The first-order valence-corrected chi connectivity index (χ1v) is 5.21. The smallest absolute Gasteiger partial charge is 0.210 e. The van der Waals surface area contributed by atoms with Gasteiger partial charge in [0.25, 0.3) is 0 Å². The molecule has 0 unspecified atom stereocenters. The summed E-state index contributed by atoms with van der Waals surface area (Å²) < 4.78 is 0.710. The number of carbonyl (C=O) groups excluding carboxylic acids is 1. The van der Waals surface area contributed by atoms with Gasteiger partial charge in [-0.3, -0.25) is 4.79 Å². The molecule has 2 aromatic rings. The predicted octanol–water partition coefficient (Wildman–Crippen LogP) is 2.59. The molecule has 76 valence electrons. The summed E-state index contributed by atoms with van der Waals surface area (Å²) in [5.74, 6) is -0.0492. The van der Waals surface area contributed by atoms with Crippen LogP contribution in [-0.2, 0) is 0 Å². The average molecular weight is 265 g/mol. The predicted molar refractivity (Wildman–Crippen MR) is 62.8 cm³/mol. The first-order valence-electron chi connectivity index (χ1n) is 4.41. The molecule has 1 aromatic heterocycles. The number of nitrogen functional groups attached to an aromatic ring is 1. The summed E-state index contributed by atoms with van der Waals surface area (Å²) >= 11 is 3.32. The summed E-state index contributed by atoms with van der Waals surface area (Å²) in [6.45, 7) is 0. The van der Waals surface area contributed by atoms with Crippen molar-refractivity contribution < 1.29 is 4.79 Å². The lowest BCUT2D eigenvalue weighted by Gasteiger charge is -2.02. The molecule has 15 heavy (non-hydrogen) atoms. The van der Waals surface area contributed by atoms with Crippen molar-refractivity contribution in [1.82, 2.24) is 4.98 Å². The van der Waals surface area contributed by atoms with E-state index in [9.17, 15) is 4.79 Å². The van der Waals surface area contributed by atoms with Gasteiger partial charge in [0.1, 0.15) is 0 Å². The minimum atomic E-state index is -0.0492. The second-order valence-corrected chi connectivity index (χ2v) is 4.01. The molecule has 0 aliphatic heterocycles. The SMILES string of the molecule is Nc1ccc(C(=O)c2ccc[nH]2)c(Br)c1. The van der Waals surface area contributed by atoms with Gasteiger partial charge in [-0.25, -0.2) is 0 Å². The summed E-state index contributed by atoms with van der Waals surface area (Å²) in [6, 6.07) is 8.67. The molecule has 1 heterocycles. The molecule has 0 aliphatic carbocycles. The number of ketones is 1. The molecule has 2 rings (SSSR count). The first kappa shape index (κ1) is 9.98. The molecular formula is C11H9BrN2O. The van der Waals surface area contributed by atoms with Gasteiger partial charge < -0.3 is 10.7 Å². The molecule has 3 nitrogen and oxygen atoms in total. The molecular weight excluding hydrogens is 256 g/mol. The molecule has 1 aromatic carbocycles. The number of hydrogen-bond acceptors (Lipinski definition) is 2. The Bertz CT molecular complexity index is 491. The lowest BCUT2D eigenvalue weighted by atomic mass is 10.1. The van der Waals surface area contributed by atoms with E-state index in [-0.39, 0.29) is 5.78 Å². The van der Waals surface area contributed by atoms with E-state index >= 15 is 0 Å². The van der Waals surface area contributed by atoms with Crippen LogP contribution in [0.5, 0.6) is 0 Å². The number of carbonyl (C=O) groups is 1. The highest BCUT2D eigenvalue weighted by molar-refractivity contribution is 9.10. The molecule has 4 heteroatoms. The van der Waals surface area contributed by atoms with Gasteiger partial charge in [0, 0.05) is 21.9 Å². The van der Waals surface area contributed by atoms with Gasteiger partial charge in [-0.15, -0.1) is 0 Å². The maximum Gasteiger partial charge on any atom is 0.210 e. The number of hydrogen-bond donors (Lipinski definition) is 2. The summed E-state index contributed by atoms with van der Waals surface area (Å²) in [7, 11) is 0. The fourth-order valence-electron chi connectivity index (χ4n) is 1.33. The van der Waals surface area contributed by atoms with Crippen LogP contribution in [0, 0.1) is 0 Å². The Morgan fingerprint density at radius 3 is 2.73 bits per heavy atom. The summed E-state index contributed by atoms with van der Waals surface area (Å²) in [5.41, 5.74) is 7.40. The van der Waals surface area contributed by atoms with Gasteiger partial charge in [0.05, 0.1) is 5.69 Å². The standard InChI is InChI=1S/C11H9BrN2O/c12-9-6-7(13)3-4-8(9)11(15)10-2-1-5-14-10/h1-6,14H,13H2. The molecule has 0 aliphatic rings. The number of aromatic nitrogens is 1. The topological polar surface area (TPSA) is 58.9 Å². The van der Waals surface area contributed by atoms with Crippen molar-refractivity contribution in [3.8, 4) is 0 Å². The zero-order chi connectivity index (χ0) is 10.8. The van der Waals surface area contributed by atoms with E-state index in [4.69, 9.17) is 5.73 Å². The normalized spacial score (nSPS) is 10.2. The fourth-order valence-corrected chi connectivity index (χ4v) is 1.91. The van der Waals surface area contributed by atoms with Crippen molar-refractivity contribution in [2.45, 2.75) is 0 Å². The Hall–Kier alpha value is -1.55. The largest absolute Gasteiger partial charge is 0.399 e. The zero-order valence-electron chi connectivity index (χ0n) is 7.83. The van der Waals surface area contributed by atoms with E-state index in [0.29, 0.717) is 21.4 Å². The Labute approximate surface area is 95.4 Å². The van der Waals surface area contributed by atoms with Crippen LogP contribution in [-0.4, -0.2) is 10.8 Å². The number of benzene rings is 1. The highest BCUT2D eigenvalue weighted by Gasteiger charge is 2.12. The maximum absolute atomic E-state index is 11.9. The third kappa shape index (κ3) is 1.94. The highest BCUT2D eigenvalue weighted by Crippen LogP contribution is 2.22. The van der Waals surface area contributed by atoms with Crippen molar-refractivity contribution in [3.63, 3.8) is 0 Å². The van der Waals surface area contributed by atoms with E-state index < -0.39 is 0 Å². The van der Waals surface area contributed by atoms with Gasteiger partial charge in [-0.1, -0.05) is 0 Å². The first-order chi connectivity index (χ1) is 7.18. The van der Waals surface area contributed by atoms with Crippen molar-refractivity contribution in [2.75, 3.05) is 5.73 Å². The molecule has 0 bridgehead atoms. The maximum atomic E-state index is 11.9. The summed E-state index contributed by atoms with van der Waals surface area (Å²) in [5, 5.41) is 0. The average Bonchev–Trinajstić information content (AvgIpc) is 2.69. The number of nitrogens with two attached hydrogens (primary N) is 1. The summed E-state index contributed by atoms with van der Waals surface area (Å²) in [6.07, 6.45) is 1.72. The molecule has 0 saturated heterocycles. The Morgan fingerprint density at radius 1 is 1.33 bits per heavy atom. The number of H-pyrrole nitrogens is 1. The lowest BCUT2D eigenvalue weighted by molar-refractivity contribution is 0.103. The molecule has 0 radical (unpaired) electrons. The number of aromatic amines is 1. The van der Waals surface area contributed by atoms with Gasteiger partial charge >= 0.3 is 0 Å². The van der Waals surface area contributed by atoms with Gasteiger partial charge in [-0.2, -0.15) is 0 Å². The zero-order valence-corrected chi connectivity index (χ0v) is 9.41. The third-order valence-corrected chi connectivity index (χ3v) is 2.74. The van der Waals surface area contributed by atoms with Crippen LogP contribution in [0.1, 0.15) is 16.1 Å². The van der Waals surface area contributed by atoms with Crippen LogP contribution in [0.15, 0.2) is 41.0 Å². The molecule has 0 fully saturated rings. The van der Waals surface area contributed by atoms with Crippen molar-refractivity contribution in [3.05, 3.63) is 52.3 Å². The van der Waals surface area contributed by atoms with E-state index in [1.54, 1.807) is 36.5 Å². The minimum absolute atomic E-state index is 0.0492. The van der Waals surface area contributed by atoms with Crippen LogP contribution in [0.25, 0.3) is 0 Å². The third-order valence-electron chi connectivity index (χ3n) is 2.08. The number of halogens is 1. The number of rotatable bonds is 2. The van der Waals surface area contributed by atoms with Crippen LogP contribution < -0.4 is 5.73 Å². The molecule has 0 spiro atoms. The fraction of sp³-hybridized carbons (Fsp3) is 0. The molecule has 0 amide bonds. The Morgan fingerprint density at radius 2 is 2.13 bits per heavy atom. The number of nitrogens with one attached hydrogen (secondary N) is 1. The van der Waals surface area contributed by atoms with Crippen LogP contribution in [0.2, 0.25) is 0 Å². The molecule has 0 atom stereocenters. The van der Waals surface area contributed by atoms with E-state index in [1.165, 1.54) is 0 Å². The van der Waals surface area contributed by atoms with E-state index in [2.05, 4.69) is 20.9 Å². The van der Waals surface area contributed by atoms with Gasteiger partial charge in [0.15, 0.2) is 0 Å². The minimum Gasteiger partial charge on any atom is -0.399 e. The van der Waals surface area contributed by atoms with Crippen molar-refractivity contribution in [1.29, 1.82) is 0 Å². The molecule has 0 saturated carbocycles. The monoisotopic (exact) mass is 264 g/mol. The van der Waals surface area contributed by atoms with Crippen LogP contribution in [0.3, 0.4) is 0 Å². The van der Waals surface area contributed by atoms with Gasteiger partial charge in [0.2, 0.25) is 5.78 Å². The Kier molecular flexibility index (Phi) is 2.60. The lowest BCUT2D eigenvalue weighted by Crippen LogP contribution is -2.03. The second kappa shape index (κ2) is 3.90. The highest BCUT2D eigenvalue weighted by atomic mass is 79.9. The quantitative estimate of drug-likeness (QED) is 0.647.